The van der Waals surface area contributed by atoms with Crippen LogP contribution in [0, 0.1) is 0 Å². The summed E-state index contributed by atoms with van der Waals surface area (Å²) in [6.45, 7) is 6.28. The van der Waals surface area contributed by atoms with Gasteiger partial charge in [0.15, 0.2) is 0 Å². The third-order valence-corrected chi connectivity index (χ3v) is 3.19. The second kappa shape index (κ2) is 7.74. The number of rotatable bonds is 2. The van der Waals surface area contributed by atoms with Gasteiger partial charge in [0.1, 0.15) is 12.5 Å². The van der Waals surface area contributed by atoms with Crippen LogP contribution in [0.4, 0.5) is 4.39 Å². The molecule has 2 aliphatic heterocycles. The molecule has 2 fully saturated rings. The van der Waals surface area contributed by atoms with Crippen LogP contribution in [0.1, 0.15) is 6.42 Å². The molecule has 5 heteroatoms. The Morgan fingerprint density at radius 3 is 2.06 bits per heavy atom. The zero-order valence-corrected chi connectivity index (χ0v) is 10.9. The van der Waals surface area contributed by atoms with Crippen molar-refractivity contribution in [1.29, 1.82) is 0 Å². The van der Waals surface area contributed by atoms with Gasteiger partial charge < -0.3 is 14.6 Å². The van der Waals surface area contributed by atoms with Crippen LogP contribution >= 0.6 is 0 Å². The Kier molecular flexibility index (Phi) is 6.62. The van der Waals surface area contributed by atoms with Crippen LogP contribution in [-0.4, -0.2) is 87.1 Å². The van der Waals surface area contributed by atoms with Gasteiger partial charge >= 0.3 is 0 Å². The number of hydrogen-bond acceptors (Lipinski definition) is 4. The summed E-state index contributed by atoms with van der Waals surface area (Å²) in [5, 5.41) is 0. The van der Waals surface area contributed by atoms with Crippen molar-refractivity contribution in [2.24, 2.45) is 0 Å². The van der Waals surface area contributed by atoms with Gasteiger partial charge in [0.25, 0.3) is 0 Å². The molecule has 2 heterocycles. The molecule has 2 aliphatic rings. The summed E-state index contributed by atoms with van der Waals surface area (Å²) in [4.78, 5) is 16.3. The van der Waals surface area contributed by atoms with Crippen LogP contribution in [0.2, 0.25) is 0 Å². The Hall–Kier alpha value is -0.520. The number of likely N-dealkylation sites (tertiary alicyclic amines) is 1. The number of halogens is 1. The Labute approximate surface area is 103 Å². The molecule has 0 bridgehead atoms. The Bertz CT molecular complexity index is 212. The average Bonchev–Trinajstić information content (AvgIpc) is 2.43. The maximum Gasteiger partial charge on any atom is 0.133 e. The Morgan fingerprint density at radius 1 is 1.12 bits per heavy atom. The minimum atomic E-state index is -0.685. The zero-order chi connectivity index (χ0) is 12.7. The summed E-state index contributed by atoms with van der Waals surface area (Å²) in [7, 11) is 4.39. The van der Waals surface area contributed by atoms with E-state index in [-0.39, 0.29) is 0 Å². The molecule has 2 saturated heterocycles. The van der Waals surface area contributed by atoms with E-state index in [4.69, 9.17) is 0 Å². The fourth-order valence-corrected chi connectivity index (χ4v) is 1.94. The molecule has 2 rings (SSSR count). The van der Waals surface area contributed by atoms with Crippen LogP contribution < -0.4 is 0 Å². The van der Waals surface area contributed by atoms with Gasteiger partial charge in [0, 0.05) is 26.2 Å². The van der Waals surface area contributed by atoms with Gasteiger partial charge in [-0.1, -0.05) is 0 Å². The lowest BCUT2D eigenvalue weighted by Crippen LogP contribution is -2.48. The van der Waals surface area contributed by atoms with E-state index in [2.05, 4.69) is 23.9 Å². The molecule has 0 aromatic rings. The number of carbonyl (C=O) groups excluding carboxylic acids is 1. The van der Waals surface area contributed by atoms with E-state index in [0.29, 0.717) is 19.6 Å². The number of likely N-dealkylation sites (N-methyl/N-ethyl adjacent to an activating group) is 2. The van der Waals surface area contributed by atoms with Crippen LogP contribution in [0.5, 0.6) is 0 Å². The number of carbonyl (C=O) groups is 1. The van der Waals surface area contributed by atoms with Crippen LogP contribution in [0.3, 0.4) is 0 Å². The lowest BCUT2D eigenvalue weighted by atomic mass is 10.2. The highest BCUT2D eigenvalue weighted by molar-refractivity contribution is 5.52. The number of alkyl halides is 1. The maximum absolute atomic E-state index is 11.9. The molecule has 4 nitrogen and oxygen atoms in total. The number of hydrogen-bond donors (Lipinski definition) is 0. The zero-order valence-electron chi connectivity index (χ0n) is 10.9. The molecule has 0 aliphatic carbocycles. The van der Waals surface area contributed by atoms with Gasteiger partial charge in [0.2, 0.25) is 0 Å². The maximum atomic E-state index is 11.9. The molecular formula is C12H24FN3O. The lowest BCUT2D eigenvalue weighted by Gasteiger charge is -2.32. The molecule has 0 unspecified atom stereocenters. The first-order chi connectivity index (χ1) is 8.11. The summed E-state index contributed by atoms with van der Waals surface area (Å²) in [5.41, 5.74) is 0. The second-order valence-corrected chi connectivity index (χ2v) is 4.94. The van der Waals surface area contributed by atoms with Gasteiger partial charge in [-0.2, -0.15) is 0 Å². The molecule has 0 aromatic heterocycles. The topological polar surface area (TPSA) is 26.8 Å². The summed E-state index contributed by atoms with van der Waals surface area (Å²) in [6, 6.07) is 0. The number of aldehydes is 1. The predicted molar refractivity (Wildman–Crippen MR) is 67.0 cm³/mol. The Balaban J connectivity index is 0.000000171. The van der Waals surface area contributed by atoms with Crippen molar-refractivity contribution in [3.8, 4) is 0 Å². The molecule has 0 atom stereocenters. The SMILES string of the molecule is CN1CCCN(C)CC1.O=CCN1CC(F)C1. The lowest BCUT2D eigenvalue weighted by molar-refractivity contribution is -0.110. The van der Waals surface area contributed by atoms with Crippen molar-refractivity contribution >= 4 is 6.29 Å². The highest BCUT2D eigenvalue weighted by Gasteiger charge is 2.24. The van der Waals surface area contributed by atoms with Gasteiger partial charge in [0.05, 0.1) is 6.54 Å². The standard InChI is InChI=1S/C7H16N2.C5H8FNO/c1-8-4-3-5-9(2)7-6-8;6-5-3-7(4-5)1-2-8/h3-7H2,1-2H3;2,5H,1,3-4H2. The van der Waals surface area contributed by atoms with Gasteiger partial charge in [-0.05, 0) is 33.6 Å². The summed E-state index contributed by atoms with van der Waals surface area (Å²) < 4.78 is 11.9. The molecule has 0 N–H and O–H groups in total. The van der Waals surface area contributed by atoms with Crippen molar-refractivity contribution in [3.05, 3.63) is 0 Å². The molecule has 0 radical (unpaired) electrons. The molecule has 0 aromatic carbocycles. The monoisotopic (exact) mass is 245 g/mol. The van der Waals surface area contributed by atoms with E-state index in [1.165, 1.54) is 32.6 Å². The van der Waals surface area contributed by atoms with E-state index >= 15 is 0 Å². The molecule has 0 spiro atoms. The fraction of sp³-hybridized carbons (Fsp3) is 0.917. The summed E-state index contributed by atoms with van der Waals surface area (Å²) in [5.74, 6) is 0. The average molecular weight is 245 g/mol. The van der Waals surface area contributed by atoms with Crippen LogP contribution in [0.25, 0.3) is 0 Å². The van der Waals surface area contributed by atoms with Crippen LogP contribution in [0.15, 0.2) is 0 Å². The van der Waals surface area contributed by atoms with E-state index in [1.807, 2.05) is 0 Å². The van der Waals surface area contributed by atoms with E-state index in [0.717, 1.165) is 6.29 Å². The number of nitrogens with zero attached hydrogens (tertiary/aromatic N) is 3. The molecule has 17 heavy (non-hydrogen) atoms. The van der Waals surface area contributed by atoms with Gasteiger partial charge in [-0.3, -0.25) is 4.90 Å². The quantitative estimate of drug-likeness (QED) is 0.644. The molecule has 100 valence electrons. The van der Waals surface area contributed by atoms with Crippen molar-refractivity contribution in [1.82, 2.24) is 14.7 Å². The minimum Gasteiger partial charge on any atom is -0.305 e. The molecule has 0 amide bonds. The van der Waals surface area contributed by atoms with Crippen LogP contribution in [-0.2, 0) is 4.79 Å². The molecule has 0 saturated carbocycles. The van der Waals surface area contributed by atoms with Gasteiger partial charge in [-0.15, -0.1) is 0 Å². The van der Waals surface area contributed by atoms with E-state index in [9.17, 15) is 9.18 Å². The third kappa shape index (κ3) is 6.10. The fourth-order valence-electron chi connectivity index (χ4n) is 1.94. The van der Waals surface area contributed by atoms with Crippen molar-refractivity contribution in [2.75, 3.05) is 59.9 Å². The highest BCUT2D eigenvalue weighted by atomic mass is 19.1. The summed E-state index contributed by atoms with van der Waals surface area (Å²) >= 11 is 0. The Morgan fingerprint density at radius 2 is 1.65 bits per heavy atom. The predicted octanol–water partition coefficient (Wildman–Crippen LogP) is 0.0927. The third-order valence-electron chi connectivity index (χ3n) is 3.19. The normalized spacial score (nSPS) is 24.4. The first kappa shape index (κ1) is 14.5. The minimum absolute atomic E-state index is 0.389. The van der Waals surface area contributed by atoms with E-state index in [1.54, 1.807) is 4.90 Å². The summed E-state index contributed by atoms with van der Waals surface area (Å²) in [6.07, 6.45) is 1.44. The smallest absolute Gasteiger partial charge is 0.133 e. The van der Waals surface area contributed by atoms with Crippen molar-refractivity contribution in [3.63, 3.8) is 0 Å². The molecular weight excluding hydrogens is 221 g/mol. The van der Waals surface area contributed by atoms with Gasteiger partial charge in [-0.25, -0.2) is 4.39 Å². The van der Waals surface area contributed by atoms with E-state index < -0.39 is 6.17 Å². The highest BCUT2D eigenvalue weighted by Crippen LogP contribution is 2.08. The van der Waals surface area contributed by atoms with Crippen molar-refractivity contribution in [2.45, 2.75) is 12.6 Å². The first-order valence-corrected chi connectivity index (χ1v) is 6.29. The largest absolute Gasteiger partial charge is 0.305 e. The van der Waals surface area contributed by atoms with Crippen molar-refractivity contribution < 1.29 is 9.18 Å². The first-order valence-electron chi connectivity index (χ1n) is 6.29. The second-order valence-electron chi connectivity index (χ2n) is 4.94.